The van der Waals surface area contributed by atoms with Gasteiger partial charge in [0.05, 0.1) is 6.61 Å². The summed E-state index contributed by atoms with van der Waals surface area (Å²) in [5.74, 6) is 2.67. The molecule has 214 valence electrons. The fourth-order valence-electron chi connectivity index (χ4n) is 4.69. The molecule has 6 heteroatoms. The molecule has 0 aliphatic heterocycles. The second-order valence-electron chi connectivity index (χ2n) is 9.69. The van der Waals surface area contributed by atoms with Crippen LogP contribution in [0.2, 0.25) is 0 Å². The predicted octanol–water partition coefficient (Wildman–Crippen LogP) is 9.67. The molecule has 0 saturated heterocycles. The Hall–Kier alpha value is -4.97. The Kier molecular flexibility index (Phi) is 9.24. The maximum absolute atomic E-state index is 12.4. The topological polar surface area (TPSA) is 63.2 Å². The molecule has 0 heterocycles. The number of hydrogen-bond acceptors (Lipinski definition) is 6. The summed E-state index contributed by atoms with van der Waals surface area (Å²) in [6, 6.07) is 34.2. The van der Waals surface area contributed by atoms with E-state index in [-0.39, 0.29) is 17.6 Å². The van der Waals surface area contributed by atoms with Crippen LogP contribution in [0.1, 0.15) is 45.3 Å². The standard InChI is InChI=1S/C36H34O6/c1-4-24-38-32-23-15-14-22-30(32)31(5-2)42-34-29-21-13-12-20-28(29)33(39-25(3)37)35(40-26-16-8-6-9-17-26)36(34)41-27-18-10-7-11-19-27/h6-23,31H,4-5,24H2,1-3H3. The Morgan fingerprint density at radius 2 is 1.17 bits per heavy atom. The van der Waals surface area contributed by atoms with Crippen molar-refractivity contribution in [2.75, 3.05) is 6.61 Å². The zero-order valence-electron chi connectivity index (χ0n) is 24.0. The van der Waals surface area contributed by atoms with Crippen LogP contribution in [-0.2, 0) is 4.79 Å². The number of carbonyl (C=O) groups excluding carboxylic acids is 1. The second kappa shape index (κ2) is 13.6. The van der Waals surface area contributed by atoms with Crippen LogP contribution in [0.25, 0.3) is 10.8 Å². The number of benzene rings is 5. The SMILES string of the molecule is CCCOc1ccccc1C(CC)Oc1c(Oc2ccccc2)c(Oc2ccccc2)c(OC(C)=O)c2ccccc12. The number of carbonyl (C=O) groups is 1. The Bertz CT molecular complexity index is 1630. The molecule has 5 rings (SSSR count). The van der Waals surface area contributed by atoms with E-state index in [9.17, 15) is 4.79 Å². The number of para-hydroxylation sites is 3. The van der Waals surface area contributed by atoms with Crippen LogP contribution in [0.15, 0.2) is 109 Å². The second-order valence-corrected chi connectivity index (χ2v) is 9.69. The highest BCUT2D eigenvalue weighted by molar-refractivity contribution is 6.00. The lowest BCUT2D eigenvalue weighted by atomic mass is 10.0. The summed E-state index contributed by atoms with van der Waals surface area (Å²) in [6.45, 7) is 6.11. The summed E-state index contributed by atoms with van der Waals surface area (Å²) < 4.78 is 31.8. The Morgan fingerprint density at radius 3 is 1.74 bits per heavy atom. The number of ether oxygens (including phenoxy) is 5. The normalized spacial score (nSPS) is 11.5. The predicted molar refractivity (Wildman–Crippen MR) is 164 cm³/mol. The third-order valence-corrected chi connectivity index (χ3v) is 6.57. The molecule has 0 bridgehead atoms. The van der Waals surface area contributed by atoms with Crippen molar-refractivity contribution in [3.8, 4) is 40.2 Å². The highest BCUT2D eigenvalue weighted by atomic mass is 16.6. The molecule has 5 aromatic carbocycles. The number of rotatable bonds is 12. The summed E-state index contributed by atoms with van der Waals surface area (Å²) >= 11 is 0. The van der Waals surface area contributed by atoms with E-state index < -0.39 is 5.97 Å². The Morgan fingerprint density at radius 1 is 0.643 bits per heavy atom. The molecule has 0 N–H and O–H groups in total. The van der Waals surface area contributed by atoms with Crippen molar-refractivity contribution in [1.29, 1.82) is 0 Å². The highest BCUT2D eigenvalue weighted by Gasteiger charge is 2.29. The lowest BCUT2D eigenvalue weighted by Gasteiger charge is -2.26. The quantitative estimate of drug-likeness (QED) is 0.111. The first-order valence-electron chi connectivity index (χ1n) is 14.2. The molecule has 0 amide bonds. The molecule has 0 radical (unpaired) electrons. The van der Waals surface area contributed by atoms with Gasteiger partial charge in [-0.2, -0.15) is 0 Å². The summed E-state index contributed by atoms with van der Waals surface area (Å²) in [5.41, 5.74) is 0.929. The van der Waals surface area contributed by atoms with Gasteiger partial charge in [-0.3, -0.25) is 4.79 Å². The molecule has 1 atom stereocenters. The molecule has 6 nitrogen and oxygen atoms in total. The number of hydrogen-bond donors (Lipinski definition) is 0. The lowest BCUT2D eigenvalue weighted by molar-refractivity contribution is -0.131. The molecule has 0 aromatic heterocycles. The van der Waals surface area contributed by atoms with Crippen LogP contribution >= 0.6 is 0 Å². The van der Waals surface area contributed by atoms with Crippen molar-refractivity contribution in [3.63, 3.8) is 0 Å². The molecule has 0 aliphatic rings. The van der Waals surface area contributed by atoms with Gasteiger partial charge in [0.2, 0.25) is 11.5 Å². The van der Waals surface area contributed by atoms with Gasteiger partial charge in [0.1, 0.15) is 23.4 Å². The van der Waals surface area contributed by atoms with Gasteiger partial charge in [-0.1, -0.05) is 92.7 Å². The van der Waals surface area contributed by atoms with Gasteiger partial charge in [-0.05, 0) is 43.2 Å². The monoisotopic (exact) mass is 562 g/mol. The van der Waals surface area contributed by atoms with E-state index in [0.29, 0.717) is 46.8 Å². The zero-order chi connectivity index (χ0) is 29.3. The van der Waals surface area contributed by atoms with Gasteiger partial charge in [0, 0.05) is 23.3 Å². The van der Waals surface area contributed by atoms with Gasteiger partial charge in [-0.25, -0.2) is 0 Å². The maximum Gasteiger partial charge on any atom is 0.308 e. The van der Waals surface area contributed by atoms with E-state index >= 15 is 0 Å². The van der Waals surface area contributed by atoms with Crippen LogP contribution in [-0.4, -0.2) is 12.6 Å². The Labute approximate surface area is 246 Å². The third kappa shape index (κ3) is 6.50. The molecular formula is C36H34O6. The molecule has 1 unspecified atom stereocenters. The average molecular weight is 563 g/mol. The lowest BCUT2D eigenvalue weighted by Crippen LogP contribution is -2.11. The molecule has 0 fully saturated rings. The van der Waals surface area contributed by atoms with Crippen LogP contribution in [0.3, 0.4) is 0 Å². The van der Waals surface area contributed by atoms with Crippen molar-refractivity contribution < 1.29 is 28.5 Å². The first kappa shape index (κ1) is 28.6. The van der Waals surface area contributed by atoms with E-state index in [1.165, 1.54) is 6.92 Å². The molecule has 42 heavy (non-hydrogen) atoms. The van der Waals surface area contributed by atoms with Crippen molar-refractivity contribution in [1.82, 2.24) is 0 Å². The van der Waals surface area contributed by atoms with Gasteiger partial charge < -0.3 is 23.7 Å². The van der Waals surface area contributed by atoms with E-state index in [4.69, 9.17) is 23.7 Å². The minimum Gasteiger partial charge on any atom is -0.493 e. The van der Waals surface area contributed by atoms with Crippen LogP contribution < -0.4 is 23.7 Å². The summed E-state index contributed by atoms with van der Waals surface area (Å²) in [6.07, 6.45) is 1.18. The number of fused-ring (bicyclic) bond motifs is 1. The van der Waals surface area contributed by atoms with Crippen molar-refractivity contribution in [2.45, 2.75) is 39.7 Å². The first-order chi connectivity index (χ1) is 20.6. The van der Waals surface area contributed by atoms with Gasteiger partial charge in [0.25, 0.3) is 0 Å². The summed E-state index contributed by atoms with van der Waals surface area (Å²) in [5, 5.41) is 1.37. The smallest absolute Gasteiger partial charge is 0.308 e. The summed E-state index contributed by atoms with van der Waals surface area (Å²) in [4.78, 5) is 12.4. The summed E-state index contributed by atoms with van der Waals surface area (Å²) in [7, 11) is 0. The van der Waals surface area contributed by atoms with Crippen molar-refractivity contribution >= 4 is 16.7 Å². The average Bonchev–Trinajstić information content (AvgIpc) is 3.02. The molecular weight excluding hydrogens is 528 g/mol. The Balaban J connectivity index is 1.75. The van der Waals surface area contributed by atoms with Gasteiger partial charge >= 0.3 is 5.97 Å². The minimum atomic E-state index is -0.481. The zero-order valence-corrected chi connectivity index (χ0v) is 24.0. The van der Waals surface area contributed by atoms with E-state index in [0.717, 1.165) is 17.7 Å². The largest absolute Gasteiger partial charge is 0.493 e. The molecule has 0 aliphatic carbocycles. The van der Waals surface area contributed by atoms with Crippen LogP contribution in [0.4, 0.5) is 0 Å². The molecule has 5 aromatic rings. The van der Waals surface area contributed by atoms with Crippen LogP contribution in [0, 0.1) is 0 Å². The van der Waals surface area contributed by atoms with Gasteiger partial charge in [0.15, 0.2) is 11.5 Å². The highest BCUT2D eigenvalue weighted by Crippen LogP contribution is 2.55. The van der Waals surface area contributed by atoms with Crippen LogP contribution in [0.5, 0.6) is 40.2 Å². The fourth-order valence-corrected chi connectivity index (χ4v) is 4.69. The maximum atomic E-state index is 12.4. The van der Waals surface area contributed by atoms with E-state index in [1.54, 1.807) is 0 Å². The fraction of sp³-hybridized carbons (Fsp3) is 0.194. The molecule has 0 spiro atoms. The van der Waals surface area contributed by atoms with Crippen molar-refractivity contribution in [2.24, 2.45) is 0 Å². The first-order valence-corrected chi connectivity index (χ1v) is 14.2. The molecule has 0 saturated carbocycles. The third-order valence-electron chi connectivity index (χ3n) is 6.57. The van der Waals surface area contributed by atoms with E-state index in [2.05, 4.69) is 13.8 Å². The minimum absolute atomic E-state index is 0.235. The van der Waals surface area contributed by atoms with E-state index in [1.807, 2.05) is 109 Å². The van der Waals surface area contributed by atoms with Gasteiger partial charge in [-0.15, -0.1) is 0 Å². The van der Waals surface area contributed by atoms with Crippen molar-refractivity contribution in [3.05, 3.63) is 115 Å². The number of esters is 1.